The Balaban J connectivity index is 2.04. The summed E-state index contributed by atoms with van der Waals surface area (Å²) in [7, 11) is 0. The Morgan fingerprint density at radius 1 is 1.14 bits per heavy atom. The van der Waals surface area contributed by atoms with E-state index in [1.54, 1.807) is 24.3 Å². The highest BCUT2D eigenvalue weighted by Gasteiger charge is 2.14. The van der Waals surface area contributed by atoms with Gasteiger partial charge in [-0.1, -0.05) is 24.3 Å². The van der Waals surface area contributed by atoms with E-state index >= 15 is 0 Å². The highest BCUT2D eigenvalue weighted by molar-refractivity contribution is 14.1. The lowest BCUT2D eigenvalue weighted by Gasteiger charge is -2.15. The molecule has 22 heavy (non-hydrogen) atoms. The van der Waals surface area contributed by atoms with Crippen molar-refractivity contribution in [2.45, 2.75) is 19.6 Å². The van der Waals surface area contributed by atoms with Gasteiger partial charge in [-0.25, -0.2) is 0 Å². The monoisotopic (exact) mass is 417 g/mol. The predicted molar refractivity (Wildman–Crippen MR) is 88.1 cm³/mol. The first kappa shape index (κ1) is 16.7. The Labute approximate surface area is 140 Å². The lowest BCUT2D eigenvalue weighted by molar-refractivity contribution is -0.0498. The Bertz CT molecular complexity index is 647. The first-order chi connectivity index (χ1) is 10.5. The molecule has 0 aliphatic carbocycles. The van der Waals surface area contributed by atoms with Crippen LogP contribution in [0.3, 0.4) is 0 Å². The number of rotatable bonds is 5. The van der Waals surface area contributed by atoms with Crippen LogP contribution in [0.5, 0.6) is 5.75 Å². The zero-order valence-electron chi connectivity index (χ0n) is 11.7. The Kier molecular flexibility index (Phi) is 5.70. The van der Waals surface area contributed by atoms with Crippen LogP contribution in [-0.2, 0) is 0 Å². The molecule has 1 amide bonds. The number of hydrogen-bond donors (Lipinski definition) is 1. The van der Waals surface area contributed by atoms with E-state index in [0.29, 0.717) is 5.56 Å². The van der Waals surface area contributed by atoms with Crippen molar-refractivity contribution < 1.29 is 18.3 Å². The summed E-state index contributed by atoms with van der Waals surface area (Å²) < 4.78 is 29.4. The molecule has 2 rings (SSSR count). The third-order valence-electron chi connectivity index (χ3n) is 3.07. The second-order valence-corrected chi connectivity index (χ2v) is 5.78. The molecule has 2 aromatic carbocycles. The van der Waals surface area contributed by atoms with Crippen LogP contribution in [0.15, 0.2) is 48.5 Å². The van der Waals surface area contributed by atoms with E-state index in [1.165, 1.54) is 12.1 Å². The summed E-state index contributed by atoms with van der Waals surface area (Å²) >= 11 is 2.10. The minimum absolute atomic E-state index is 0.0925. The van der Waals surface area contributed by atoms with Gasteiger partial charge in [0.25, 0.3) is 5.91 Å². The minimum Gasteiger partial charge on any atom is -0.435 e. The van der Waals surface area contributed by atoms with Gasteiger partial charge < -0.3 is 10.1 Å². The molecule has 0 spiro atoms. The number of ether oxygens (including phenoxy) is 1. The molecular weight excluding hydrogens is 403 g/mol. The number of nitrogens with one attached hydrogen (secondary N) is 1. The van der Waals surface area contributed by atoms with Crippen molar-refractivity contribution in [3.8, 4) is 5.75 Å². The number of hydrogen-bond acceptors (Lipinski definition) is 2. The van der Waals surface area contributed by atoms with Crippen LogP contribution < -0.4 is 10.1 Å². The number of carbonyl (C=O) groups is 1. The minimum atomic E-state index is -2.84. The van der Waals surface area contributed by atoms with Gasteiger partial charge in [0.15, 0.2) is 0 Å². The Morgan fingerprint density at radius 2 is 1.77 bits per heavy atom. The average Bonchev–Trinajstić information content (AvgIpc) is 2.47. The van der Waals surface area contributed by atoms with Crippen molar-refractivity contribution in [2.75, 3.05) is 0 Å². The summed E-state index contributed by atoms with van der Waals surface area (Å²) in [6, 6.07) is 13.2. The zero-order valence-corrected chi connectivity index (χ0v) is 13.9. The molecule has 0 aliphatic rings. The molecule has 116 valence electrons. The zero-order chi connectivity index (χ0) is 16.1. The van der Waals surface area contributed by atoms with Crippen molar-refractivity contribution in [3.63, 3.8) is 0 Å². The lowest BCUT2D eigenvalue weighted by Crippen LogP contribution is -2.27. The third-order valence-corrected chi connectivity index (χ3v) is 4.01. The molecule has 3 nitrogen and oxygen atoms in total. The van der Waals surface area contributed by atoms with E-state index in [4.69, 9.17) is 0 Å². The van der Waals surface area contributed by atoms with Crippen molar-refractivity contribution in [2.24, 2.45) is 0 Å². The predicted octanol–water partition coefficient (Wildman–Crippen LogP) is 4.38. The van der Waals surface area contributed by atoms with Gasteiger partial charge in [0, 0.05) is 3.57 Å². The van der Waals surface area contributed by atoms with E-state index in [1.807, 2.05) is 19.1 Å². The van der Waals surface area contributed by atoms with E-state index in [-0.39, 0.29) is 17.7 Å². The van der Waals surface area contributed by atoms with Crippen LogP contribution >= 0.6 is 22.6 Å². The first-order valence-corrected chi connectivity index (χ1v) is 7.65. The van der Waals surface area contributed by atoms with Gasteiger partial charge in [0.05, 0.1) is 11.6 Å². The molecule has 0 aromatic heterocycles. The topological polar surface area (TPSA) is 38.3 Å². The fourth-order valence-electron chi connectivity index (χ4n) is 1.94. The highest BCUT2D eigenvalue weighted by atomic mass is 127. The van der Waals surface area contributed by atoms with Gasteiger partial charge in [0.1, 0.15) is 5.75 Å². The fraction of sp³-hybridized carbons (Fsp3) is 0.188. The summed E-state index contributed by atoms with van der Waals surface area (Å²) in [5, 5.41) is 2.88. The largest absolute Gasteiger partial charge is 0.435 e. The van der Waals surface area contributed by atoms with E-state index in [0.717, 1.165) is 9.13 Å². The number of carbonyl (C=O) groups excluding carboxylic acids is 1. The Morgan fingerprint density at radius 3 is 2.36 bits per heavy atom. The molecule has 2 aromatic rings. The normalized spacial score (nSPS) is 12.0. The van der Waals surface area contributed by atoms with Crippen molar-refractivity contribution in [3.05, 3.63) is 63.2 Å². The van der Waals surface area contributed by atoms with E-state index in [9.17, 15) is 13.6 Å². The Hall–Kier alpha value is -1.70. The quantitative estimate of drug-likeness (QED) is 0.734. The van der Waals surface area contributed by atoms with Crippen LogP contribution in [0.2, 0.25) is 0 Å². The van der Waals surface area contributed by atoms with Crippen molar-refractivity contribution in [1.29, 1.82) is 0 Å². The van der Waals surface area contributed by atoms with Crippen molar-refractivity contribution >= 4 is 28.5 Å². The summed E-state index contributed by atoms with van der Waals surface area (Å²) in [6.45, 7) is -1.01. The molecule has 6 heteroatoms. The third kappa shape index (κ3) is 4.40. The summed E-state index contributed by atoms with van der Waals surface area (Å²) in [6.07, 6.45) is 0. The molecule has 0 radical (unpaired) electrons. The summed E-state index contributed by atoms with van der Waals surface area (Å²) in [5.41, 5.74) is 1.41. The second kappa shape index (κ2) is 7.53. The van der Waals surface area contributed by atoms with E-state index in [2.05, 4.69) is 32.6 Å². The molecule has 1 atom stereocenters. The number of alkyl halides is 2. The maximum absolute atomic E-state index is 12.2. The van der Waals surface area contributed by atoms with Gasteiger partial charge >= 0.3 is 6.61 Å². The van der Waals surface area contributed by atoms with Gasteiger partial charge in [0.2, 0.25) is 0 Å². The molecule has 1 N–H and O–H groups in total. The maximum atomic E-state index is 12.2. The molecule has 0 fully saturated rings. The SMILES string of the molecule is CC(NC(=O)c1ccccc1I)c1ccc(OC(F)F)cc1. The molecule has 0 bridgehead atoms. The van der Waals surface area contributed by atoms with Crippen LogP contribution in [0.4, 0.5) is 8.78 Å². The summed E-state index contributed by atoms with van der Waals surface area (Å²) in [4.78, 5) is 12.2. The summed E-state index contributed by atoms with van der Waals surface area (Å²) in [5.74, 6) is -0.0831. The fourth-order valence-corrected chi connectivity index (χ4v) is 2.57. The van der Waals surface area contributed by atoms with Gasteiger partial charge in [-0.3, -0.25) is 4.79 Å². The van der Waals surface area contributed by atoms with Crippen LogP contribution in [-0.4, -0.2) is 12.5 Å². The van der Waals surface area contributed by atoms with E-state index < -0.39 is 6.61 Å². The highest BCUT2D eigenvalue weighted by Crippen LogP contribution is 2.20. The average molecular weight is 417 g/mol. The van der Waals surface area contributed by atoms with Crippen LogP contribution in [0.25, 0.3) is 0 Å². The second-order valence-electron chi connectivity index (χ2n) is 4.62. The molecular formula is C16H14F2INO2. The number of amides is 1. The molecule has 1 unspecified atom stereocenters. The molecule has 0 saturated heterocycles. The molecule has 0 saturated carbocycles. The van der Waals surface area contributed by atoms with Crippen molar-refractivity contribution in [1.82, 2.24) is 5.32 Å². The number of halogens is 3. The van der Waals surface area contributed by atoms with Gasteiger partial charge in [-0.15, -0.1) is 0 Å². The van der Waals surface area contributed by atoms with Crippen LogP contribution in [0.1, 0.15) is 28.9 Å². The smallest absolute Gasteiger partial charge is 0.387 e. The molecule has 0 heterocycles. The van der Waals surface area contributed by atoms with Crippen LogP contribution in [0, 0.1) is 3.57 Å². The first-order valence-electron chi connectivity index (χ1n) is 6.57. The lowest BCUT2D eigenvalue weighted by atomic mass is 10.1. The van der Waals surface area contributed by atoms with Gasteiger partial charge in [-0.2, -0.15) is 8.78 Å². The van der Waals surface area contributed by atoms with Gasteiger partial charge in [-0.05, 0) is 59.3 Å². The maximum Gasteiger partial charge on any atom is 0.387 e. The number of benzene rings is 2. The molecule has 0 aliphatic heterocycles. The standard InChI is InChI=1S/C16H14F2INO2/c1-10(11-6-8-12(9-7-11)22-16(17)18)20-15(21)13-4-2-3-5-14(13)19/h2-10,16H,1H3,(H,20,21).